The van der Waals surface area contributed by atoms with Crippen molar-refractivity contribution >= 4 is 33.2 Å². The molecule has 1 aliphatic carbocycles. The first-order valence-electron chi connectivity index (χ1n) is 4.79. The Hall–Kier alpha value is -0.210. The van der Waals surface area contributed by atoms with Gasteiger partial charge in [0.1, 0.15) is 0 Å². The van der Waals surface area contributed by atoms with Crippen LogP contribution in [0.25, 0.3) is 0 Å². The van der Waals surface area contributed by atoms with Gasteiger partial charge in [-0.15, -0.1) is 11.6 Å². The third-order valence-corrected chi connectivity index (χ3v) is 3.45. The van der Waals surface area contributed by atoms with E-state index in [0.29, 0.717) is 5.88 Å². The number of hydrogen-bond donors (Lipinski definition) is 0. The molecular formula is C11H13BrClN. The first-order chi connectivity index (χ1) is 6.72. The molecule has 76 valence electrons. The van der Waals surface area contributed by atoms with E-state index in [4.69, 9.17) is 11.6 Å². The molecule has 1 nitrogen and oxygen atoms in total. The van der Waals surface area contributed by atoms with Crippen molar-refractivity contribution in [2.75, 3.05) is 11.9 Å². The molecule has 1 aromatic rings. The Bertz CT molecular complexity index is 336. The largest absolute Gasteiger partial charge is 0.371 e. The van der Waals surface area contributed by atoms with Gasteiger partial charge in [0.25, 0.3) is 0 Å². The van der Waals surface area contributed by atoms with Crippen LogP contribution >= 0.6 is 27.5 Å². The van der Waals surface area contributed by atoms with Crippen LogP contribution in [0.3, 0.4) is 0 Å². The lowest BCUT2D eigenvalue weighted by Gasteiger charge is -2.21. The molecule has 14 heavy (non-hydrogen) atoms. The SMILES string of the molecule is CN(c1cc(Br)ccc1CCl)C1CC1. The molecule has 0 saturated heterocycles. The van der Waals surface area contributed by atoms with Gasteiger partial charge >= 0.3 is 0 Å². The first kappa shape index (κ1) is 10.3. The molecule has 0 spiro atoms. The van der Waals surface area contributed by atoms with Crippen LogP contribution in [0.1, 0.15) is 18.4 Å². The maximum Gasteiger partial charge on any atom is 0.0494 e. The van der Waals surface area contributed by atoms with Crippen molar-refractivity contribution in [1.29, 1.82) is 0 Å². The van der Waals surface area contributed by atoms with Gasteiger partial charge in [-0.25, -0.2) is 0 Å². The van der Waals surface area contributed by atoms with Crippen LogP contribution in [0, 0.1) is 0 Å². The second-order valence-electron chi connectivity index (χ2n) is 3.75. The summed E-state index contributed by atoms with van der Waals surface area (Å²) >= 11 is 9.41. The number of benzene rings is 1. The zero-order valence-corrected chi connectivity index (χ0v) is 10.5. The zero-order chi connectivity index (χ0) is 10.1. The second-order valence-corrected chi connectivity index (χ2v) is 4.93. The average Bonchev–Trinajstić information content (AvgIpc) is 3.00. The summed E-state index contributed by atoms with van der Waals surface area (Å²) < 4.78 is 1.12. The van der Waals surface area contributed by atoms with E-state index in [2.05, 4.69) is 40.0 Å². The summed E-state index contributed by atoms with van der Waals surface area (Å²) in [5, 5.41) is 0. The summed E-state index contributed by atoms with van der Waals surface area (Å²) in [4.78, 5) is 2.34. The van der Waals surface area contributed by atoms with Gasteiger partial charge in [0.2, 0.25) is 0 Å². The fraction of sp³-hybridized carbons (Fsp3) is 0.455. The minimum Gasteiger partial charge on any atom is -0.371 e. The van der Waals surface area contributed by atoms with E-state index in [-0.39, 0.29) is 0 Å². The van der Waals surface area contributed by atoms with Crippen LogP contribution in [-0.2, 0) is 5.88 Å². The van der Waals surface area contributed by atoms with Crippen LogP contribution in [0.4, 0.5) is 5.69 Å². The summed E-state index contributed by atoms with van der Waals surface area (Å²) in [6, 6.07) is 7.01. The summed E-state index contributed by atoms with van der Waals surface area (Å²) in [5.41, 5.74) is 2.47. The molecule has 0 atom stereocenters. The molecule has 1 aliphatic rings. The van der Waals surface area contributed by atoms with Gasteiger partial charge in [-0.2, -0.15) is 0 Å². The molecule has 0 bridgehead atoms. The van der Waals surface area contributed by atoms with Crippen molar-refractivity contribution in [3.8, 4) is 0 Å². The molecular weight excluding hydrogens is 261 g/mol. The first-order valence-corrected chi connectivity index (χ1v) is 6.12. The lowest BCUT2D eigenvalue weighted by atomic mass is 10.2. The summed E-state index contributed by atoms with van der Waals surface area (Å²) in [6.45, 7) is 0. The third-order valence-electron chi connectivity index (χ3n) is 2.67. The lowest BCUT2D eigenvalue weighted by molar-refractivity contribution is 0.909. The highest BCUT2D eigenvalue weighted by molar-refractivity contribution is 9.10. The molecule has 0 heterocycles. The van der Waals surface area contributed by atoms with Gasteiger partial charge < -0.3 is 4.90 Å². The highest BCUT2D eigenvalue weighted by Crippen LogP contribution is 2.34. The van der Waals surface area contributed by atoms with E-state index in [1.807, 2.05) is 6.07 Å². The average molecular weight is 275 g/mol. The Morgan fingerprint density at radius 3 is 2.79 bits per heavy atom. The molecule has 1 saturated carbocycles. The summed E-state index contributed by atoms with van der Waals surface area (Å²) in [5.74, 6) is 0.583. The number of nitrogens with zero attached hydrogens (tertiary/aromatic N) is 1. The van der Waals surface area contributed by atoms with E-state index >= 15 is 0 Å². The molecule has 0 aromatic heterocycles. The maximum absolute atomic E-state index is 5.91. The predicted molar refractivity (Wildman–Crippen MR) is 65.1 cm³/mol. The van der Waals surface area contributed by atoms with E-state index < -0.39 is 0 Å². The van der Waals surface area contributed by atoms with Crippen LogP contribution < -0.4 is 4.90 Å². The van der Waals surface area contributed by atoms with E-state index in [1.54, 1.807) is 0 Å². The number of halogens is 2. The van der Waals surface area contributed by atoms with Gasteiger partial charge in [0.05, 0.1) is 0 Å². The van der Waals surface area contributed by atoms with Crippen molar-refractivity contribution in [3.63, 3.8) is 0 Å². The highest BCUT2D eigenvalue weighted by Gasteiger charge is 2.27. The van der Waals surface area contributed by atoms with Crippen LogP contribution in [0.2, 0.25) is 0 Å². The molecule has 1 aromatic carbocycles. The van der Waals surface area contributed by atoms with Gasteiger partial charge in [-0.05, 0) is 30.5 Å². The Morgan fingerprint density at radius 2 is 2.21 bits per heavy atom. The second kappa shape index (κ2) is 4.11. The number of rotatable bonds is 3. The van der Waals surface area contributed by atoms with E-state index in [0.717, 1.165) is 10.5 Å². The fourth-order valence-corrected chi connectivity index (χ4v) is 2.21. The van der Waals surface area contributed by atoms with E-state index in [1.165, 1.54) is 24.1 Å². The van der Waals surface area contributed by atoms with Crippen LogP contribution in [0.5, 0.6) is 0 Å². The smallest absolute Gasteiger partial charge is 0.0494 e. The van der Waals surface area contributed by atoms with Crippen molar-refractivity contribution in [2.24, 2.45) is 0 Å². The lowest BCUT2D eigenvalue weighted by Crippen LogP contribution is -2.20. The monoisotopic (exact) mass is 273 g/mol. The minimum absolute atomic E-state index is 0.583. The standard InChI is InChI=1S/C11H13BrClN/c1-14(10-4-5-10)11-6-9(12)3-2-8(11)7-13/h2-3,6,10H,4-5,7H2,1H3. The molecule has 0 amide bonds. The molecule has 2 rings (SSSR count). The molecule has 1 fully saturated rings. The summed E-state index contributed by atoms with van der Waals surface area (Å²) in [7, 11) is 2.15. The topological polar surface area (TPSA) is 3.24 Å². The predicted octanol–water partition coefficient (Wildman–Crippen LogP) is 3.79. The Labute approximate surface area is 98.2 Å². The van der Waals surface area contributed by atoms with Crippen molar-refractivity contribution in [3.05, 3.63) is 28.2 Å². The Morgan fingerprint density at radius 1 is 1.50 bits per heavy atom. The molecule has 0 N–H and O–H groups in total. The van der Waals surface area contributed by atoms with Gasteiger partial charge in [0.15, 0.2) is 0 Å². The van der Waals surface area contributed by atoms with Crippen molar-refractivity contribution in [2.45, 2.75) is 24.8 Å². The Kier molecular flexibility index (Phi) is 3.03. The third kappa shape index (κ3) is 2.06. The molecule has 0 unspecified atom stereocenters. The molecule has 0 radical (unpaired) electrons. The van der Waals surface area contributed by atoms with Crippen molar-refractivity contribution in [1.82, 2.24) is 0 Å². The number of anilines is 1. The van der Waals surface area contributed by atoms with E-state index in [9.17, 15) is 0 Å². The normalized spacial score (nSPS) is 15.6. The fourth-order valence-electron chi connectivity index (χ4n) is 1.64. The van der Waals surface area contributed by atoms with Crippen LogP contribution in [0.15, 0.2) is 22.7 Å². The minimum atomic E-state index is 0.583. The van der Waals surface area contributed by atoms with Crippen LogP contribution in [-0.4, -0.2) is 13.1 Å². The number of alkyl halides is 1. The quantitative estimate of drug-likeness (QED) is 0.758. The van der Waals surface area contributed by atoms with Gasteiger partial charge in [0, 0.05) is 29.1 Å². The number of hydrogen-bond acceptors (Lipinski definition) is 1. The van der Waals surface area contributed by atoms with Gasteiger partial charge in [-0.1, -0.05) is 22.0 Å². The van der Waals surface area contributed by atoms with Crippen molar-refractivity contribution < 1.29 is 0 Å². The zero-order valence-electron chi connectivity index (χ0n) is 8.13. The Balaban J connectivity index is 2.32. The molecule has 0 aliphatic heterocycles. The highest BCUT2D eigenvalue weighted by atomic mass is 79.9. The maximum atomic E-state index is 5.91. The summed E-state index contributed by atoms with van der Waals surface area (Å²) in [6.07, 6.45) is 2.62. The van der Waals surface area contributed by atoms with Gasteiger partial charge in [-0.3, -0.25) is 0 Å². The molecule has 3 heteroatoms.